The van der Waals surface area contributed by atoms with E-state index in [0.717, 1.165) is 21.3 Å². The largest absolute Gasteiger partial charge is 0.325 e. The zero-order valence-electron chi connectivity index (χ0n) is 17.1. The number of para-hydroxylation sites is 1. The van der Waals surface area contributed by atoms with E-state index in [9.17, 15) is 9.59 Å². The van der Waals surface area contributed by atoms with Gasteiger partial charge < -0.3 is 5.32 Å². The molecule has 31 heavy (non-hydrogen) atoms. The van der Waals surface area contributed by atoms with Gasteiger partial charge >= 0.3 is 0 Å². The number of halogens is 1. The Balaban J connectivity index is 1.69. The first kappa shape index (κ1) is 21.3. The Bertz CT molecular complexity index is 1330. The minimum atomic E-state index is -0.165. The fraction of sp³-hybridized carbons (Fsp3) is 0.125. The lowest BCUT2D eigenvalue weighted by Gasteiger charge is -2.15. The van der Waals surface area contributed by atoms with Gasteiger partial charge in [0, 0.05) is 10.2 Å². The minimum absolute atomic E-state index is 0.131. The molecule has 0 saturated carbocycles. The van der Waals surface area contributed by atoms with Crippen molar-refractivity contribution in [3.8, 4) is 5.69 Å². The maximum Gasteiger partial charge on any atom is 0.266 e. The molecule has 156 valence electrons. The topological polar surface area (TPSA) is 64.0 Å². The monoisotopic (exact) mass is 493 g/mol. The molecule has 1 heterocycles. The molecule has 0 fully saturated rings. The lowest BCUT2D eigenvalue weighted by molar-refractivity contribution is -0.113. The van der Waals surface area contributed by atoms with Gasteiger partial charge in [0.2, 0.25) is 5.91 Å². The number of fused-ring (bicyclic) bond motifs is 1. The normalized spacial score (nSPS) is 10.9. The van der Waals surface area contributed by atoms with Crippen LogP contribution in [0.15, 0.2) is 81.2 Å². The second kappa shape index (κ2) is 9.08. The van der Waals surface area contributed by atoms with E-state index in [-0.39, 0.29) is 17.2 Å². The van der Waals surface area contributed by atoms with E-state index in [0.29, 0.717) is 21.7 Å². The number of aromatic nitrogens is 2. The lowest BCUT2D eigenvalue weighted by atomic mass is 10.1. The van der Waals surface area contributed by atoms with Crippen LogP contribution in [0.3, 0.4) is 0 Å². The van der Waals surface area contributed by atoms with Gasteiger partial charge in [-0.15, -0.1) is 0 Å². The van der Waals surface area contributed by atoms with Crippen molar-refractivity contribution in [3.63, 3.8) is 0 Å². The number of nitrogens with zero attached hydrogens (tertiary/aromatic N) is 2. The van der Waals surface area contributed by atoms with Gasteiger partial charge in [-0.25, -0.2) is 4.98 Å². The van der Waals surface area contributed by atoms with Crippen molar-refractivity contribution in [2.75, 3.05) is 11.1 Å². The highest BCUT2D eigenvalue weighted by Gasteiger charge is 2.16. The van der Waals surface area contributed by atoms with E-state index in [4.69, 9.17) is 4.98 Å². The summed E-state index contributed by atoms with van der Waals surface area (Å²) >= 11 is 4.63. The number of aryl methyl sites for hydroxylation is 2. The smallest absolute Gasteiger partial charge is 0.266 e. The van der Waals surface area contributed by atoms with Gasteiger partial charge in [0.1, 0.15) is 0 Å². The van der Waals surface area contributed by atoms with Crippen LogP contribution >= 0.6 is 27.7 Å². The van der Waals surface area contributed by atoms with E-state index in [2.05, 4.69) is 21.2 Å². The number of benzene rings is 3. The molecule has 3 aromatic carbocycles. The summed E-state index contributed by atoms with van der Waals surface area (Å²) in [5, 5.41) is 3.91. The summed E-state index contributed by atoms with van der Waals surface area (Å²) in [6, 6.07) is 20.6. The molecule has 0 bridgehead atoms. The summed E-state index contributed by atoms with van der Waals surface area (Å²) in [5.74, 6) is -0.0342. The molecular weight excluding hydrogens is 474 g/mol. The molecule has 1 N–H and O–H groups in total. The molecule has 0 spiro atoms. The molecule has 7 heteroatoms. The summed E-state index contributed by atoms with van der Waals surface area (Å²) in [5.41, 5.74) is 4.04. The highest BCUT2D eigenvalue weighted by Crippen LogP contribution is 2.24. The summed E-state index contributed by atoms with van der Waals surface area (Å²) in [4.78, 5) is 30.6. The van der Waals surface area contributed by atoms with Crippen molar-refractivity contribution < 1.29 is 4.79 Å². The van der Waals surface area contributed by atoms with E-state index in [1.165, 1.54) is 11.8 Å². The number of anilines is 1. The molecule has 0 saturated heterocycles. The number of rotatable bonds is 5. The molecule has 0 aliphatic rings. The van der Waals surface area contributed by atoms with Crippen LogP contribution in [0.2, 0.25) is 0 Å². The summed E-state index contributed by atoms with van der Waals surface area (Å²) in [6.07, 6.45) is 0. The van der Waals surface area contributed by atoms with Crippen molar-refractivity contribution >= 4 is 50.2 Å². The third-order valence-corrected chi connectivity index (χ3v) is 6.27. The molecule has 4 rings (SSSR count). The van der Waals surface area contributed by atoms with Crippen molar-refractivity contribution in [1.29, 1.82) is 0 Å². The Morgan fingerprint density at radius 2 is 1.81 bits per heavy atom. The Morgan fingerprint density at radius 1 is 1.06 bits per heavy atom. The minimum Gasteiger partial charge on any atom is -0.325 e. The third-order valence-electron chi connectivity index (χ3n) is 4.80. The van der Waals surface area contributed by atoms with Gasteiger partial charge in [-0.05, 0) is 61.9 Å². The lowest BCUT2D eigenvalue weighted by Crippen LogP contribution is -2.23. The average molecular weight is 494 g/mol. The Kier molecular flexibility index (Phi) is 6.25. The fourth-order valence-corrected chi connectivity index (χ4v) is 4.41. The Labute approximate surface area is 192 Å². The number of amides is 1. The maximum absolute atomic E-state index is 13.4. The number of hydrogen-bond acceptors (Lipinski definition) is 4. The molecule has 4 aromatic rings. The summed E-state index contributed by atoms with van der Waals surface area (Å²) in [7, 11) is 0. The summed E-state index contributed by atoms with van der Waals surface area (Å²) < 4.78 is 2.55. The second-order valence-corrected chi connectivity index (χ2v) is 9.04. The Hall–Kier alpha value is -2.90. The van der Waals surface area contributed by atoms with Crippen LogP contribution in [0, 0.1) is 13.8 Å². The third kappa shape index (κ3) is 4.73. The van der Waals surface area contributed by atoms with Gasteiger partial charge in [-0.3, -0.25) is 14.2 Å². The highest BCUT2D eigenvalue weighted by molar-refractivity contribution is 9.10. The molecule has 0 unspecified atom stereocenters. The van der Waals surface area contributed by atoms with Crippen LogP contribution in [0.1, 0.15) is 11.1 Å². The van der Waals surface area contributed by atoms with Gasteiger partial charge in [0.15, 0.2) is 5.16 Å². The van der Waals surface area contributed by atoms with Gasteiger partial charge in [0.05, 0.1) is 22.3 Å². The zero-order valence-corrected chi connectivity index (χ0v) is 19.5. The molecule has 5 nitrogen and oxygen atoms in total. The Morgan fingerprint density at radius 3 is 2.55 bits per heavy atom. The standard InChI is InChI=1S/C24H20BrN3O2S/c1-15-7-12-21(16(2)13-15)28-23(30)19-5-3-4-6-20(19)27-24(28)31-14-22(29)26-18-10-8-17(25)9-11-18/h3-13H,14H2,1-2H3,(H,26,29). The molecule has 0 aliphatic carbocycles. The van der Waals surface area contributed by atoms with Crippen LogP contribution in [-0.4, -0.2) is 21.2 Å². The van der Waals surface area contributed by atoms with Crippen molar-refractivity contribution in [2.45, 2.75) is 19.0 Å². The molecule has 0 atom stereocenters. The van der Waals surface area contributed by atoms with Crippen molar-refractivity contribution in [3.05, 3.63) is 92.7 Å². The van der Waals surface area contributed by atoms with Crippen molar-refractivity contribution in [1.82, 2.24) is 9.55 Å². The number of carbonyl (C=O) groups excluding carboxylic acids is 1. The van der Waals surface area contributed by atoms with Crippen LogP contribution < -0.4 is 10.9 Å². The SMILES string of the molecule is Cc1ccc(-n2c(SCC(=O)Nc3ccc(Br)cc3)nc3ccccc3c2=O)c(C)c1. The molecule has 0 aliphatic heterocycles. The predicted molar refractivity (Wildman–Crippen MR) is 130 cm³/mol. The molecule has 1 amide bonds. The first-order valence-corrected chi connectivity index (χ1v) is 11.5. The molecular formula is C24H20BrN3O2S. The van der Waals surface area contributed by atoms with Crippen molar-refractivity contribution in [2.24, 2.45) is 0 Å². The zero-order chi connectivity index (χ0) is 22.0. The number of thioether (sulfide) groups is 1. The van der Waals surface area contributed by atoms with Gasteiger partial charge in [-0.2, -0.15) is 0 Å². The number of hydrogen-bond donors (Lipinski definition) is 1. The van der Waals surface area contributed by atoms with Gasteiger partial charge in [-0.1, -0.05) is 57.5 Å². The van der Waals surface area contributed by atoms with Gasteiger partial charge in [0.25, 0.3) is 5.56 Å². The average Bonchev–Trinajstić information content (AvgIpc) is 2.75. The van der Waals surface area contributed by atoms with E-state index >= 15 is 0 Å². The van der Waals surface area contributed by atoms with E-state index in [1.807, 2.05) is 74.5 Å². The second-order valence-electron chi connectivity index (χ2n) is 7.19. The number of carbonyl (C=O) groups is 1. The maximum atomic E-state index is 13.4. The summed E-state index contributed by atoms with van der Waals surface area (Å²) in [6.45, 7) is 3.99. The van der Waals surface area contributed by atoms with Crippen LogP contribution in [0.5, 0.6) is 0 Å². The molecule has 0 radical (unpaired) electrons. The highest BCUT2D eigenvalue weighted by atomic mass is 79.9. The predicted octanol–water partition coefficient (Wildman–Crippen LogP) is 5.50. The molecule has 1 aromatic heterocycles. The van der Waals surface area contributed by atoms with E-state index < -0.39 is 0 Å². The first-order chi connectivity index (χ1) is 14.9. The van der Waals surface area contributed by atoms with E-state index in [1.54, 1.807) is 10.6 Å². The van der Waals surface area contributed by atoms with Crippen LogP contribution in [-0.2, 0) is 4.79 Å². The quantitative estimate of drug-likeness (QED) is 0.294. The van der Waals surface area contributed by atoms with Crippen LogP contribution in [0.25, 0.3) is 16.6 Å². The number of nitrogens with one attached hydrogen (secondary N) is 1. The van der Waals surface area contributed by atoms with Crippen LogP contribution in [0.4, 0.5) is 5.69 Å². The first-order valence-electron chi connectivity index (χ1n) is 9.70. The fourth-order valence-electron chi connectivity index (χ4n) is 3.34.